The van der Waals surface area contributed by atoms with E-state index in [-0.39, 0.29) is 11.9 Å². The lowest BCUT2D eigenvalue weighted by Crippen LogP contribution is -2.20. The molecule has 1 N–H and O–H groups in total. The topological polar surface area (TPSA) is 12.0 Å². The first-order chi connectivity index (χ1) is 9.06. The first kappa shape index (κ1) is 14.7. The zero-order chi connectivity index (χ0) is 14.0. The van der Waals surface area contributed by atoms with Crippen LogP contribution in [0.15, 0.2) is 45.3 Å². The third kappa shape index (κ3) is 2.91. The first-order valence-corrected chi connectivity index (χ1v) is 7.51. The Bertz CT molecular complexity index is 547. The third-order valence-corrected chi connectivity index (χ3v) is 4.67. The van der Waals surface area contributed by atoms with Gasteiger partial charge in [-0.3, -0.25) is 0 Å². The van der Waals surface area contributed by atoms with Crippen molar-refractivity contribution in [1.29, 1.82) is 0 Å². The highest BCUT2D eigenvalue weighted by Gasteiger charge is 2.19. The molecule has 0 bridgehead atoms. The zero-order valence-corrected chi connectivity index (χ0v) is 13.8. The Hall–Kier alpha value is -0.710. The highest BCUT2D eigenvalue weighted by molar-refractivity contribution is 9.10. The predicted octanol–water partition coefficient (Wildman–Crippen LogP) is 4.97. The smallest absolute Gasteiger partial charge is 0.142 e. The van der Waals surface area contributed by atoms with Gasteiger partial charge < -0.3 is 5.32 Å². The summed E-state index contributed by atoms with van der Waals surface area (Å²) in [6.07, 6.45) is 0. The Morgan fingerprint density at radius 1 is 1.00 bits per heavy atom. The van der Waals surface area contributed by atoms with Gasteiger partial charge in [-0.05, 0) is 53.2 Å². The number of halogens is 3. The lowest BCUT2D eigenvalue weighted by atomic mass is 9.95. The van der Waals surface area contributed by atoms with Gasteiger partial charge in [0.1, 0.15) is 5.82 Å². The number of hydrogen-bond donors (Lipinski definition) is 1. The fourth-order valence-electron chi connectivity index (χ4n) is 2.16. The van der Waals surface area contributed by atoms with Crippen LogP contribution in [0.2, 0.25) is 0 Å². The number of benzene rings is 2. The molecular formula is C15H14Br2FN. The van der Waals surface area contributed by atoms with Gasteiger partial charge in [0.2, 0.25) is 0 Å². The molecule has 0 saturated heterocycles. The van der Waals surface area contributed by atoms with Crippen molar-refractivity contribution >= 4 is 31.9 Å². The third-order valence-electron chi connectivity index (χ3n) is 3.20. The Labute approximate surface area is 129 Å². The minimum atomic E-state index is -0.221. The second-order valence-corrected chi connectivity index (χ2v) is 6.03. The van der Waals surface area contributed by atoms with Crippen molar-refractivity contribution in [2.24, 2.45) is 0 Å². The SMILES string of the molecule is CNC(c1cccc(Br)c1C)c1cccc(Br)c1F. The highest BCUT2D eigenvalue weighted by Crippen LogP contribution is 2.32. The van der Waals surface area contributed by atoms with Crippen LogP contribution >= 0.6 is 31.9 Å². The van der Waals surface area contributed by atoms with Gasteiger partial charge in [-0.25, -0.2) is 4.39 Å². The highest BCUT2D eigenvalue weighted by atomic mass is 79.9. The van der Waals surface area contributed by atoms with Gasteiger partial charge in [0.05, 0.1) is 10.5 Å². The van der Waals surface area contributed by atoms with Crippen LogP contribution in [0.4, 0.5) is 4.39 Å². The molecule has 0 fully saturated rings. The standard InChI is InChI=1S/C15H14Br2FN/c1-9-10(5-3-7-12(9)16)15(19-2)11-6-4-8-13(17)14(11)18/h3-8,15,19H,1-2H3. The fourth-order valence-corrected chi connectivity index (χ4v) is 2.92. The number of hydrogen-bond acceptors (Lipinski definition) is 1. The number of rotatable bonds is 3. The molecule has 1 unspecified atom stereocenters. The van der Waals surface area contributed by atoms with Gasteiger partial charge in [0.25, 0.3) is 0 Å². The molecule has 19 heavy (non-hydrogen) atoms. The van der Waals surface area contributed by atoms with Gasteiger partial charge in [-0.2, -0.15) is 0 Å². The van der Waals surface area contributed by atoms with E-state index in [0.29, 0.717) is 10.0 Å². The van der Waals surface area contributed by atoms with Gasteiger partial charge >= 0.3 is 0 Å². The summed E-state index contributed by atoms with van der Waals surface area (Å²) in [5.41, 5.74) is 2.81. The van der Waals surface area contributed by atoms with Crippen molar-refractivity contribution in [3.63, 3.8) is 0 Å². The van der Waals surface area contributed by atoms with Crippen molar-refractivity contribution in [3.05, 3.63) is 67.9 Å². The van der Waals surface area contributed by atoms with E-state index < -0.39 is 0 Å². The Balaban J connectivity index is 2.57. The molecule has 0 aliphatic heterocycles. The minimum Gasteiger partial charge on any atom is -0.309 e. The van der Waals surface area contributed by atoms with E-state index >= 15 is 0 Å². The largest absolute Gasteiger partial charge is 0.309 e. The molecule has 2 rings (SSSR count). The van der Waals surface area contributed by atoms with E-state index in [0.717, 1.165) is 15.6 Å². The first-order valence-electron chi connectivity index (χ1n) is 5.92. The van der Waals surface area contributed by atoms with Gasteiger partial charge in [0, 0.05) is 10.0 Å². The summed E-state index contributed by atoms with van der Waals surface area (Å²) in [5.74, 6) is -0.221. The van der Waals surface area contributed by atoms with Crippen LogP contribution in [0.25, 0.3) is 0 Å². The van der Waals surface area contributed by atoms with E-state index in [1.165, 1.54) is 0 Å². The molecule has 0 amide bonds. The lowest BCUT2D eigenvalue weighted by molar-refractivity contribution is 0.570. The van der Waals surface area contributed by atoms with Crippen molar-refractivity contribution in [2.75, 3.05) is 7.05 Å². The van der Waals surface area contributed by atoms with Crippen LogP contribution in [-0.4, -0.2) is 7.05 Å². The van der Waals surface area contributed by atoms with Crippen LogP contribution in [0.1, 0.15) is 22.7 Å². The average Bonchev–Trinajstić information content (AvgIpc) is 2.40. The molecule has 2 aromatic rings. The van der Waals surface area contributed by atoms with E-state index in [1.54, 1.807) is 6.07 Å². The van der Waals surface area contributed by atoms with Crippen LogP contribution in [0.5, 0.6) is 0 Å². The monoisotopic (exact) mass is 385 g/mol. The summed E-state index contributed by atoms with van der Waals surface area (Å²) in [7, 11) is 1.84. The number of nitrogens with one attached hydrogen (secondary N) is 1. The second-order valence-electron chi connectivity index (χ2n) is 4.32. The van der Waals surface area contributed by atoms with E-state index in [9.17, 15) is 4.39 Å². The van der Waals surface area contributed by atoms with E-state index in [4.69, 9.17) is 0 Å². The van der Waals surface area contributed by atoms with Crippen molar-refractivity contribution in [3.8, 4) is 0 Å². The summed E-state index contributed by atoms with van der Waals surface area (Å²) in [6.45, 7) is 2.03. The lowest BCUT2D eigenvalue weighted by Gasteiger charge is -2.21. The van der Waals surface area contributed by atoms with Crippen molar-refractivity contribution in [1.82, 2.24) is 5.32 Å². The van der Waals surface area contributed by atoms with E-state index in [2.05, 4.69) is 37.2 Å². The zero-order valence-electron chi connectivity index (χ0n) is 10.7. The summed E-state index contributed by atoms with van der Waals surface area (Å²) >= 11 is 6.76. The summed E-state index contributed by atoms with van der Waals surface area (Å²) in [6, 6.07) is 11.2. The maximum Gasteiger partial charge on any atom is 0.142 e. The summed E-state index contributed by atoms with van der Waals surface area (Å²) < 4.78 is 15.8. The van der Waals surface area contributed by atoms with Crippen LogP contribution in [0, 0.1) is 12.7 Å². The van der Waals surface area contributed by atoms with Crippen molar-refractivity contribution in [2.45, 2.75) is 13.0 Å². The quantitative estimate of drug-likeness (QED) is 0.785. The minimum absolute atomic E-state index is 0.171. The Morgan fingerprint density at radius 2 is 1.58 bits per heavy atom. The molecule has 0 spiro atoms. The van der Waals surface area contributed by atoms with Gasteiger partial charge in [-0.1, -0.05) is 40.2 Å². The molecule has 0 saturated carbocycles. The molecule has 1 nitrogen and oxygen atoms in total. The summed E-state index contributed by atoms with van der Waals surface area (Å²) in [4.78, 5) is 0. The van der Waals surface area contributed by atoms with Gasteiger partial charge in [0.15, 0.2) is 0 Å². The van der Waals surface area contributed by atoms with E-state index in [1.807, 2.05) is 44.3 Å². The molecule has 0 radical (unpaired) electrons. The fraction of sp³-hybridized carbons (Fsp3) is 0.200. The normalized spacial score (nSPS) is 12.5. The molecule has 4 heteroatoms. The van der Waals surface area contributed by atoms with Gasteiger partial charge in [-0.15, -0.1) is 0 Å². The maximum absolute atomic E-state index is 14.3. The van der Waals surface area contributed by atoms with Crippen molar-refractivity contribution < 1.29 is 4.39 Å². The molecule has 1 atom stereocenters. The predicted molar refractivity (Wildman–Crippen MR) is 83.9 cm³/mol. The maximum atomic E-state index is 14.3. The Kier molecular flexibility index (Phi) is 4.76. The van der Waals surface area contributed by atoms with Crippen LogP contribution in [-0.2, 0) is 0 Å². The molecule has 0 aromatic heterocycles. The molecule has 0 heterocycles. The molecule has 0 aliphatic rings. The Morgan fingerprint density at radius 3 is 2.21 bits per heavy atom. The molecule has 2 aromatic carbocycles. The average molecular weight is 387 g/mol. The molecule has 100 valence electrons. The van der Waals surface area contributed by atoms with Crippen LogP contribution in [0.3, 0.4) is 0 Å². The second kappa shape index (κ2) is 6.16. The molecular weight excluding hydrogens is 373 g/mol. The summed E-state index contributed by atoms with van der Waals surface area (Å²) in [5, 5.41) is 3.19. The molecule has 0 aliphatic carbocycles. The van der Waals surface area contributed by atoms with Crippen LogP contribution < -0.4 is 5.32 Å².